The van der Waals surface area contributed by atoms with Gasteiger partial charge in [0.2, 0.25) is 0 Å². The quantitative estimate of drug-likeness (QED) is 0.920. The van der Waals surface area contributed by atoms with Crippen molar-refractivity contribution in [1.29, 1.82) is 0 Å². The molecule has 0 aliphatic carbocycles. The second-order valence-electron chi connectivity index (χ2n) is 3.48. The van der Waals surface area contributed by atoms with Crippen molar-refractivity contribution in [1.82, 2.24) is 9.71 Å². The van der Waals surface area contributed by atoms with Gasteiger partial charge in [0.15, 0.2) is 8.68 Å². The number of hydrogen-bond donors (Lipinski definition) is 1. The summed E-state index contributed by atoms with van der Waals surface area (Å²) in [6.45, 7) is 2.36. The monoisotopic (exact) mass is 322 g/mol. The minimum Gasteiger partial charge on any atom is -0.232 e. The zero-order valence-corrected chi connectivity index (χ0v) is 12.7. The number of nitrogens with one attached hydrogen (secondary N) is 1. The fraction of sp³-hybridized carbons (Fsp3) is 0.300. The van der Waals surface area contributed by atoms with Crippen molar-refractivity contribution < 1.29 is 8.42 Å². The molecule has 0 aromatic carbocycles. The Morgan fingerprint density at radius 2 is 2.06 bits per heavy atom. The zero-order valence-electron chi connectivity index (χ0n) is 9.51. The van der Waals surface area contributed by atoms with Gasteiger partial charge in [0.1, 0.15) is 0 Å². The molecule has 0 aliphatic rings. The van der Waals surface area contributed by atoms with Gasteiger partial charge in [-0.1, -0.05) is 29.9 Å². The molecule has 0 bridgehead atoms. The SMILES string of the molecule is CCc1ccc(CNS(=O)(=O)c2cnc(Cl)s2)s1. The molecule has 0 unspecified atom stereocenters. The molecule has 0 atom stereocenters. The van der Waals surface area contributed by atoms with Crippen molar-refractivity contribution in [3.63, 3.8) is 0 Å². The summed E-state index contributed by atoms with van der Waals surface area (Å²) in [6, 6.07) is 3.95. The highest BCUT2D eigenvalue weighted by Crippen LogP contribution is 2.23. The lowest BCUT2D eigenvalue weighted by Gasteiger charge is -2.01. The van der Waals surface area contributed by atoms with Crippen LogP contribution in [0.5, 0.6) is 0 Å². The number of aryl methyl sites for hydroxylation is 1. The largest absolute Gasteiger partial charge is 0.252 e. The van der Waals surface area contributed by atoms with Gasteiger partial charge in [-0.05, 0) is 18.6 Å². The van der Waals surface area contributed by atoms with E-state index in [1.807, 2.05) is 12.1 Å². The van der Waals surface area contributed by atoms with Crippen LogP contribution in [-0.2, 0) is 23.0 Å². The van der Waals surface area contributed by atoms with Crippen LogP contribution in [0.1, 0.15) is 16.7 Å². The highest BCUT2D eigenvalue weighted by Gasteiger charge is 2.17. The highest BCUT2D eigenvalue weighted by atomic mass is 35.5. The lowest BCUT2D eigenvalue weighted by atomic mass is 10.4. The molecule has 98 valence electrons. The van der Waals surface area contributed by atoms with Crippen molar-refractivity contribution in [2.24, 2.45) is 0 Å². The molecule has 8 heteroatoms. The van der Waals surface area contributed by atoms with Crippen LogP contribution in [0, 0.1) is 0 Å². The van der Waals surface area contributed by atoms with E-state index >= 15 is 0 Å². The molecule has 2 heterocycles. The molecule has 0 saturated carbocycles. The lowest BCUT2D eigenvalue weighted by Crippen LogP contribution is -2.21. The van der Waals surface area contributed by atoms with E-state index < -0.39 is 10.0 Å². The maximum atomic E-state index is 11.9. The Labute approximate surface area is 119 Å². The third kappa shape index (κ3) is 3.30. The molecule has 1 N–H and O–H groups in total. The van der Waals surface area contributed by atoms with Gasteiger partial charge in [0.25, 0.3) is 10.0 Å². The summed E-state index contributed by atoms with van der Waals surface area (Å²) in [5, 5.41) is 0. The van der Waals surface area contributed by atoms with Crippen LogP contribution in [-0.4, -0.2) is 13.4 Å². The number of halogens is 1. The van der Waals surface area contributed by atoms with Crippen molar-refractivity contribution in [3.05, 3.63) is 32.6 Å². The standard InChI is InChI=1S/C10H11ClN2O2S3/c1-2-7-3-4-8(16-7)5-13-18(14,15)9-6-12-10(11)17-9/h3-4,6,13H,2,5H2,1H3. The Hall–Kier alpha value is -0.470. The number of rotatable bonds is 5. The second-order valence-corrected chi connectivity index (χ2v) is 8.34. The summed E-state index contributed by atoms with van der Waals surface area (Å²) in [4.78, 5) is 5.96. The zero-order chi connectivity index (χ0) is 13.2. The van der Waals surface area contributed by atoms with E-state index in [1.165, 1.54) is 11.1 Å². The van der Waals surface area contributed by atoms with Crippen LogP contribution in [0.25, 0.3) is 0 Å². The summed E-state index contributed by atoms with van der Waals surface area (Å²) in [7, 11) is -3.51. The van der Waals surface area contributed by atoms with Crippen LogP contribution in [0.3, 0.4) is 0 Å². The number of nitrogens with zero attached hydrogens (tertiary/aromatic N) is 1. The lowest BCUT2D eigenvalue weighted by molar-refractivity contribution is 0.584. The second kappa shape index (κ2) is 5.66. The van der Waals surface area contributed by atoms with Gasteiger partial charge in [-0.2, -0.15) is 0 Å². The summed E-state index contributed by atoms with van der Waals surface area (Å²) < 4.78 is 26.7. The molecule has 0 aliphatic heterocycles. The third-order valence-electron chi connectivity index (χ3n) is 2.22. The number of thiophene rings is 1. The van der Waals surface area contributed by atoms with Crippen LogP contribution in [0.15, 0.2) is 22.5 Å². The van der Waals surface area contributed by atoms with E-state index in [9.17, 15) is 8.42 Å². The first-order valence-corrected chi connectivity index (χ1v) is 8.69. The van der Waals surface area contributed by atoms with E-state index in [0.29, 0.717) is 6.54 Å². The Balaban J connectivity index is 2.05. The van der Waals surface area contributed by atoms with Crippen LogP contribution in [0.4, 0.5) is 0 Å². The number of aromatic nitrogens is 1. The molecule has 18 heavy (non-hydrogen) atoms. The fourth-order valence-electron chi connectivity index (χ4n) is 1.31. The fourth-order valence-corrected chi connectivity index (χ4v) is 4.64. The maximum Gasteiger partial charge on any atom is 0.252 e. The average Bonchev–Trinajstić information content (AvgIpc) is 2.95. The molecular formula is C10H11ClN2O2S3. The third-order valence-corrected chi connectivity index (χ3v) is 6.43. The highest BCUT2D eigenvalue weighted by molar-refractivity contribution is 7.91. The average molecular weight is 323 g/mol. The topological polar surface area (TPSA) is 59.1 Å². The number of sulfonamides is 1. The minimum atomic E-state index is -3.51. The Morgan fingerprint density at radius 1 is 1.33 bits per heavy atom. The Morgan fingerprint density at radius 3 is 2.61 bits per heavy atom. The molecule has 2 rings (SSSR count). The summed E-state index contributed by atoms with van der Waals surface area (Å²) in [5.41, 5.74) is 0. The summed E-state index contributed by atoms with van der Waals surface area (Å²) >= 11 is 8.18. The van der Waals surface area contributed by atoms with E-state index in [-0.39, 0.29) is 8.68 Å². The van der Waals surface area contributed by atoms with E-state index in [0.717, 1.165) is 22.6 Å². The molecule has 0 saturated heterocycles. The molecule has 0 radical (unpaired) electrons. The van der Waals surface area contributed by atoms with Crippen LogP contribution in [0.2, 0.25) is 4.47 Å². The molecule has 2 aromatic rings. The Kier molecular flexibility index (Phi) is 4.39. The molecule has 0 fully saturated rings. The van der Waals surface area contributed by atoms with Gasteiger partial charge < -0.3 is 0 Å². The van der Waals surface area contributed by atoms with Gasteiger partial charge in [0.05, 0.1) is 6.20 Å². The van der Waals surface area contributed by atoms with E-state index in [4.69, 9.17) is 11.6 Å². The maximum absolute atomic E-state index is 11.9. The molecule has 2 aromatic heterocycles. The molecule has 4 nitrogen and oxygen atoms in total. The smallest absolute Gasteiger partial charge is 0.232 e. The van der Waals surface area contributed by atoms with Gasteiger partial charge >= 0.3 is 0 Å². The minimum absolute atomic E-state index is 0.139. The van der Waals surface area contributed by atoms with Gasteiger partial charge in [0, 0.05) is 16.3 Å². The van der Waals surface area contributed by atoms with Crippen molar-refractivity contribution >= 4 is 44.3 Å². The van der Waals surface area contributed by atoms with E-state index in [2.05, 4.69) is 16.6 Å². The van der Waals surface area contributed by atoms with E-state index in [1.54, 1.807) is 11.3 Å². The first-order chi connectivity index (χ1) is 8.51. The van der Waals surface area contributed by atoms with Gasteiger partial charge in [-0.25, -0.2) is 18.1 Å². The summed E-state index contributed by atoms with van der Waals surface area (Å²) in [6.07, 6.45) is 2.23. The predicted molar refractivity (Wildman–Crippen MR) is 74.8 cm³/mol. The van der Waals surface area contributed by atoms with Crippen molar-refractivity contribution in [3.8, 4) is 0 Å². The first kappa shape index (κ1) is 14.0. The Bertz CT molecular complexity index is 633. The molecule has 0 amide bonds. The first-order valence-electron chi connectivity index (χ1n) is 5.20. The van der Waals surface area contributed by atoms with Crippen molar-refractivity contribution in [2.45, 2.75) is 24.1 Å². The van der Waals surface area contributed by atoms with Crippen LogP contribution < -0.4 is 4.72 Å². The van der Waals surface area contributed by atoms with Gasteiger partial charge in [-0.3, -0.25) is 0 Å². The number of thiazole rings is 1. The number of hydrogen-bond acceptors (Lipinski definition) is 5. The van der Waals surface area contributed by atoms with Crippen LogP contribution >= 0.6 is 34.3 Å². The predicted octanol–water partition coefficient (Wildman–Crippen LogP) is 2.90. The normalized spacial score (nSPS) is 11.9. The van der Waals surface area contributed by atoms with Gasteiger partial charge in [-0.15, -0.1) is 11.3 Å². The van der Waals surface area contributed by atoms with Crippen molar-refractivity contribution in [2.75, 3.05) is 0 Å². The molecule has 0 spiro atoms. The molecular weight excluding hydrogens is 312 g/mol. The summed E-state index contributed by atoms with van der Waals surface area (Å²) in [5.74, 6) is 0.